The van der Waals surface area contributed by atoms with E-state index in [4.69, 9.17) is 0 Å². The van der Waals surface area contributed by atoms with Gasteiger partial charge >= 0.3 is 0 Å². The lowest BCUT2D eigenvalue weighted by molar-refractivity contribution is 0.590. The smallest absolute Gasteiger partial charge is 0.0408 e. The van der Waals surface area contributed by atoms with Gasteiger partial charge in [-0.3, -0.25) is 0 Å². The van der Waals surface area contributed by atoms with E-state index in [2.05, 4.69) is 106 Å². The Balaban J connectivity index is 1.81. The first kappa shape index (κ1) is 16.3. The topological polar surface area (TPSA) is 3.24 Å². The maximum absolute atomic E-state index is 2.24. The molecule has 0 N–H and O–H groups in total. The molecule has 0 aliphatic rings. The minimum atomic E-state index is 0.189. The largest absolute Gasteiger partial charge is 0.345 e. The molecule has 0 atom stereocenters. The summed E-state index contributed by atoms with van der Waals surface area (Å²) in [5, 5.41) is 0. The molecule has 0 aromatic heterocycles. The number of anilines is 2. The lowest BCUT2D eigenvalue weighted by atomic mass is 9.87. The van der Waals surface area contributed by atoms with Gasteiger partial charge in [-0.25, -0.2) is 0 Å². The van der Waals surface area contributed by atoms with Crippen molar-refractivity contribution in [2.24, 2.45) is 0 Å². The fraction of sp³-hybridized carbons (Fsp3) is 0.217. The minimum Gasteiger partial charge on any atom is -0.345 e. The van der Waals surface area contributed by atoms with Crippen molar-refractivity contribution in [2.75, 3.05) is 11.9 Å². The van der Waals surface area contributed by atoms with E-state index in [0.717, 1.165) is 0 Å². The lowest BCUT2D eigenvalue weighted by Gasteiger charge is -2.23. The van der Waals surface area contributed by atoms with Gasteiger partial charge in [0.05, 0.1) is 0 Å². The van der Waals surface area contributed by atoms with Crippen molar-refractivity contribution in [3.05, 3.63) is 84.4 Å². The van der Waals surface area contributed by atoms with Crippen molar-refractivity contribution < 1.29 is 0 Å². The van der Waals surface area contributed by atoms with Crippen LogP contribution in [0.2, 0.25) is 0 Å². The van der Waals surface area contributed by atoms with Crippen LogP contribution < -0.4 is 4.90 Å². The highest BCUT2D eigenvalue weighted by molar-refractivity contribution is 5.69. The third-order valence-corrected chi connectivity index (χ3v) is 4.48. The molecule has 1 heteroatoms. The first-order valence-electron chi connectivity index (χ1n) is 8.45. The molecule has 0 fully saturated rings. The highest BCUT2D eigenvalue weighted by Crippen LogP contribution is 2.29. The molecule has 0 unspecified atom stereocenters. The molecule has 0 amide bonds. The molecule has 0 spiro atoms. The summed E-state index contributed by atoms with van der Waals surface area (Å²) in [5.74, 6) is 0. The van der Waals surface area contributed by atoms with E-state index in [-0.39, 0.29) is 5.41 Å². The van der Waals surface area contributed by atoms with Gasteiger partial charge in [0.1, 0.15) is 0 Å². The third-order valence-electron chi connectivity index (χ3n) is 4.48. The molecule has 3 rings (SSSR count). The summed E-state index contributed by atoms with van der Waals surface area (Å²) >= 11 is 0. The van der Waals surface area contributed by atoms with Crippen molar-refractivity contribution >= 4 is 11.4 Å². The van der Waals surface area contributed by atoms with Crippen molar-refractivity contribution in [2.45, 2.75) is 26.2 Å². The van der Waals surface area contributed by atoms with E-state index in [1.807, 2.05) is 6.07 Å². The first-order chi connectivity index (χ1) is 11.4. The molecule has 0 heterocycles. The summed E-state index contributed by atoms with van der Waals surface area (Å²) < 4.78 is 0. The second-order valence-electron chi connectivity index (χ2n) is 7.27. The van der Waals surface area contributed by atoms with Crippen molar-refractivity contribution in [3.8, 4) is 11.1 Å². The van der Waals surface area contributed by atoms with Crippen molar-refractivity contribution in [1.82, 2.24) is 0 Å². The highest BCUT2D eigenvalue weighted by atomic mass is 15.1. The molecular formula is C23H25N. The van der Waals surface area contributed by atoms with Crippen LogP contribution in [0.15, 0.2) is 78.9 Å². The fourth-order valence-corrected chi connectivity index (χ4v) is 2.84. The number of benzene rings is 3. The van der Waals surface area contributed by atoms with Crippen LogP contribution in [0.5, 0.6) is 0 Å². The molecule has 24 heavy (non-hydrogen) atoms. The van der Waals surface area contributed by atoms with Crippen LogP contribution in [0.1, 0.15) is 26.3 Å². The Hall–Kier alpha value is -2.54. The van der Waals surface area contributed by atoms with Gasteiger partial charge < -0.3 is 4.90 Å². The quantitative estimate of drug-likeness (QED) is 0.539. The Morgan fingerprint density at radius 1 is 0.583 bits per heavy atom. The van der Waals surface area contributed by atoms with Crippen LogP contribution in [0.25, 0.3) is 11.1 Å². The molecule has 3 aromatic carbocycles. The maximum atomic E-state index is 2.24. The Morgan fingerprint density at radius 3 is 1.54 bits per heavy atom. The van der Waals surface area contributed by atoms with Crippen LogP contribution in [-0.2, 0) is 5.41 Å². The van der Waals surface area contributed by atoms with Crippen molar-refractivity contribution in [3.63, 3.8) is 0 Å². The summed E-state index contributed by atoms with van der Waals surface area (Å²) in [4.78, 5) is 2.22. The van der Waals surface area contributed by atoms with Crippen LogP contribution >= 0.6 is 0 Å². The number of rotatable bonds is 3. The Bertz CT molecular complexity index is 778. The van der Waals surface area contributed by atoms with Crippen LogP contribution in [0, 0.1) is 0 Å². The lowest BCUT2D eigenvalue weighted by Crippen LogP contribution is -2.12. The van der Waals surface area contributed by atoms with Gasteiger partial charge in [-0.15, -0.1) is 0 Å². The van der Waals surface area contributed by atoms with Gasteiger partial charge in [0.25, 0.3) is 0 Å². The van der Waals surface area contributed by atoms with Crippen LogP contribution in [0.4, 0.5) is 11.4 Å². The SMILES string of the molecule is CN(c1ccc(-c2ccccc2)cc1)c1ccc(C(C)(C)C)cc1. The van der Waals surface area contributed by atoms with Gasteiger partial charge in [0, 0.05) is 18.4 Å². The van der Waals surface area contributed by atoms with E-state index in [1.165, 1.54) is 28.1 Å². The van der Waals surface area contributed by atoms with Crippen molar-refractivity contribution in [1.29, 1.82) is 0 Å². The predicted molar refractivity (Wildman–Crippen MR) is 105 cm³/mol. The molecule has 3 aromatic rings. The Kier molecular flexibility index (Phi) is 4.44. The standard InChI is InChI=1S/C23H25N/c1-23(2,3)20-12-16-22(17-13-20)24(4)21-14-10-19(11-15-21)18-8-6-5-7-9-18/h5-17H,1-4H3. The Morgan fingerprint density at radius 2 is 1.04 bits per heavy atom. The zero-order valence-corrected chi connectivity index (χ0v) is 15.0. The summed E-state index contributed by atoms with van der Waals surface area (Å²) in [6.45, 7) is 6.73. The molecular weight excluding hydrogens is 290 g/mol. The fourth-order valence-electron chi connectivity index (χ4n) is 2.84. The maximum Gasteiger partial charge on any atom is 0.0408 e. The first-order valence-corrected chi connectivity index (χ1v) is 8.45. The van der Waals surface area contributed by atoms with E-state index < -0.39 is 0 Å². The summed E-state index contributed by atoms with van der Waals surface area (Å²) in [6, 6.07) is 28.1. The molecule has 1 nitrogen and oxygen atoms in total. The van der Waals surface area contributed by atoms with E-state index in [1.54, 1.807) is 0 Å². The van der Waals surface area contributed by atoms with Gasteiger partial charge in [0.15, 0.2) is 0 Å². The van der Waals surface area contributed by atoms with E-state index in [9.17, 15) is 0 Å². The van der Waals surface area contributed by atoms with E-state index >= 15 is 0 Å². The molecule has 0 aliphatic carbocycles. The molecule has 0 aliphatic heterocycles. The minimum absolute atomic E-state index is 0.189. The molecule has 0 saturated heterocycles. The number of nitrogens with zero attached hydrogens (tertiary/aromatic N) is 1. The average Bonchev–Trinajstić information content (AvgIpc) is 2.61. The zero-order chi connectivity index (χ0) is 17.2. The van der Waals surface area contributed by atoms with Crippen LogP contribution in [0.3, 0.4) is 0 Å². The zero-order valence-electron chi connectivity index (χ0n) is 15.0. The summed E-state index contributed by atoms with van der Waals surface area (Å²) in [5.41, 5.74) is 6.44. The second-order valence-corrected chi connectivity index (χ2v) is 7.27. The normalized spacial score (nSPS) is 11.3. The monoisotopic (exact) mass is 315 g/mol. The van der Waals surface area contributed by atoms with Gasteiger partial charge in [-0.05, 0) is 46.4 Å². The summed E-state index contributed by atoms with van der Waals surface area (Å²) in [6.07, 6.45) is 0. The highest BCUT2D eigenvalue weighted by Gasteiger charge is 2.13. The van der Waals surface area contributed by atoms with E-state index in [0.29, 0.717) is 0 Å². The molecule has 0 bridgehead atoms. The molecule has 122 valence electrons. The Labute approximate surface area is 145 Å². The second kappa shape index (κ2) is 6.52. The number of hydrogen-bond donors (Lipinski definition) is 0. The average molecular weight is 315 g/mol. The van der Waals surface area contributed by atoms with Gasteiger partial charge in [-0.2, -0.15) is 0 Å². The van der Waals surface area contributed by atoms with Gasteiger partial charge in [0.2, 0.25) is 0 Å². The summed E-state index contributed by atoms with van der Waals surface area (Å²) in [7, 11) is 2.11. The predicted octanol–water partition coefficient (Wildman–Crippen LogP) is 6.42. The molecule has 0 radical (unpaired) electrons. The molecule has 0 saturated carbocycles. The van der Waals surface area contributed by atoms with Crippen LogP contribution in [-0.4, -0.2) is 7.05 Å². The van der Waals surface area contributed by atoms with Gasteiger partial charge in [-0.1, -0.05) is 75.4 Å². The number of hydrogen-bond acceptors (Lipinski definition) is 1. The third kappa shape index (κ3) is 3.51.